The molecule has 1 aliphatic heterocycles. The maximum atomic E-state index is 12.8. The lowest BCUT2D eigenvalue weighted by Crippen LogP contribution is -2.45. The van der Waals surface area contributed by atoms with Crippen molar-refractivity contribution in [3.8, 4) is 11.5 Å². The number of piperidine rings is 1. The molecule has 5 heteroatoms. The molecule has 0 spiro atoms. The third-order valence-electron chi connectivity index (χ3n) is 4.12. The zero-order valence-electron chi connectivity index (χ0n) is 13.0. The van der Waals surface area contributed by atoms with Crippen LogP contribution >= 0.6 is 0 Å². The first-order valence-corrected chi connectivity index (χ1v) is 7.34. The predicted molar refractivity (Wildman–Crippen MR) is 81.8 cm³/mol. The van der Waals surface area contributed by atoms with Crippen LogP contribution in [0.15, 0.2) is 18.2 Å². The highest BCUT2D eigenvalue weighted by Gasteiger charge is 2.28. The third-order valence-corrected chi connectivity index (χ3v) is 4.12. The van der Waals surface area contributed by atoms with Crippen LogP contribution in [-0.4, -0.2) is 44.2 Å². The minimum atomic E-state index is -0.0175. The normalized spacial score (nSPS) is 20.0. The second-order valence-corrected chi connectivity index (χ2v) is 5.55. The number of likely N-dealkylation sites (tertiary alicyclic amines) is 1. The Kier molecular flexibility index (Phi) is 5.07. The third kappa shape index (κ3) is 3.29. The van der Waals surface area contributed by atoms with Gasteiger partial charge in [-0.15, -0.1) is 0 Å². The van der Waals surface area contributed by atoms with E-state index in [4.69, 9.17) is 15.2 Å². The molecule has 1 saturated heterocycles. The fraction of sp³-hybridized carbons (Fsp3) is 0.562. The van der Waals surface area contributed by atoms with Gasteiger partial charge in [0.2, 0.25) is 0 Å². The van der Waals surface area contributed by atoms with Crippen molar-refractivity contribution in [2.45, 2.75) is 25.8 Å². The number of carbonyl (C=O) groups excluding carboxylic acids is 1. The van der Waals surface area contributed by atoms with E-state index in [-0.39, 0.29) is 11.9 Å². The monoisotopic (exact) mass is 292 g/mol. The highest BCUT2D eigenvalue weighted by molar-refractivity contribution is 5.97. The molecule has 0 aliphatic carbocycles. The Morgan fingerprint density at radius 2 is 2.14 bits per heavy atom. The van der Waals surface area contributed by atoms with Crippen LogP contribution in [0.1, 0.15) is 30.1 Å². The lowest BCUT2D eigenvalue weighted by Gasteiger charge is -2.35. The molecular weight excluding hydrogens is 268 g/mol. The van der Waals surface area contributed by atoms with E-state index in [0.29, 0.717) is 29.5 Å². The van der Waals surface area contributed by atoms with E-state index in [2.05, 4.69) is 0 Å². The van der Waals surface area contributed by atoms with Gasteiger partial charge in [-0.3, -0.25) is 4.79 Å². The van der Waals surface area contributed by atoms with Gasteiger partial charge in [0.25, 0.3) is 5.91 Å². The van der Waals surface area contributed by atoms with Gasteiger partial charge in [0.15, 0.2) is 11.5 Å². The maximum Gasteiger partial charge on any atom is 0.257 e. The van der Waals surface area contributed by atoms with Crippen LogP contribution in [0, 0.1) is 5.92 Å². The Hall–Kier alpha value is -1.75. The molecule has 2 rings (SSSR count). The molecule has 116 valence electrons. The van der Waals surface area contributed by atoms with Crippen molar-refractivity contribution in [3.05, 3.63) is 23.8 Å². The molecule has 2 atom stereocenters. The largest absolute Gasteiger partial charge is 0.493 e. The van der Waals surface area contributed by atoms with Crippen LogP contribution < -0.4 is 15.2 Å². The second kappa shape index (κ2) is 6.80. The van der Waals surface area contributed by atoms with Crippen LogP contribution in [0.3, 0.4) is 0 Å². The number of rotatable bonds is 4. The fourth-order valence-corrected chi connectivity index (χ4v) is 2.85. The first-order valence-electron chi connectivity index (χ1n) is 7.34. The van der Waals surface area contributed by atoms with Crippen molar-refractivity contribution >= 4 is 5.91 Å². The van der Waals surface area contributed by atoms with Crippen molar-refractivity contribution in [3.63, 3.8) is 0 Å². The fourth-order valence-electron chi connectivity index (χ4n) is 2.85. The number of ether oxygens (including phenoxy) is 2. The average molecular weight is 292 g/mol. The van der Waals surface area contributed by atoms with Crippen LogP contribution in [0.25, 0.3) is 0 Å². The van der Waals surface area contributed by atoms with Crippen molar-refractivity contribution in [1.29, 1.82) is 0 Å². The lowest BCUT2D eigenvalue weighted by atomic mass is 9.92. The molecule has 0 radical (unpaired) electrons. The summed E-state index contributed by atoms with van der Waals surface area (Å²) in [5.74, 6) is 1.41. The Balaban J connectivity index is 2.23. The minimum absolute atomic E-state index is 0.0175. The predicted octanol–water partition coefficient (Wildman–Crippen LogP) is 1.90. The summed E-state index contributed by atoms with van der Waals surface area (Å²) >= 11 is 0. The molecule has 1 aromatic carbocycles. The van der Waals surface area contributed by atoms with Gasteiger partial charge in [-0.25, -0.2) is 0 Å². The highest BCUT2D eigenvalue weighted by Crippen LogP contribution is 2.32. The quantitative estimate of drug-likeness (QED) is 0.920. The van der Waals surface area contributed by atoms with Crippen LogP contribution in [0.4, 0.5) is 0 Å². The Labute approximate surface area is 126 Å². The molecule has 0 aromatic heterocycles. The minimum Gasteiger partial charge on any atom is -0.493 e. The molecule has 1 fully saturated rings. The zero-order chi connectivity index (χ0) is 15.4. The summed E-state index contributed by atoms with van der Waals surface area (Å²) in [5.41, 5.74) is 6.53. The molecule has 1 aromatic rings. The van der Waals surface area contributed by atoms with E-state index >= 15 is 0 Å². The van der Waals surface area contributed by atoms with Crippen molar-refractivity contribution in [1.82, 2.24) is 4.90 Å². The average Bonchev–Trinajstić information content (AvgIpc) is 2.53. The van der Waals surface area contributed by atoms with E-state index in [0.717, 1.165) is 19.4 Å². The Bertz CT molecular complexity index is 502. The highest BCUT2D eigenvalue weighted by atomic mass is 16.5. The summed E-state index contributed by atoms with van der Waals surface area (Å²) in [5, 5.41) is 0. The SMILES string of the molecule is COc1cccc(C(=O)N2CCCC(C(C)N)C2)c1OC. The molecule has 2 N–H and O–H groups in total. The van der Waals surface area contributed by atoms with Gasteiger partial charge < -0.3 is 20.1 Å². The van der Waals surface area contributed by atoms with Crippen molar-refractivity contribution in [2.75, 3.05) is 27.3 Å². The Morgan fingerprint density at radius 3 is 2.76 bits per heavy atom. The smallest absolute Gasteiger partial charge is 0.257 e. The first kappa shape index (κ1) is 15.6. The topological polar surface area (TPSA) is 64.8 Å². The first-order chi connectivity index (χ1) is 10.1. The Morgan fingerprint density at radius 1 is 1.38 bits per heavy atom. The summed E-state index contributed by atoms with van der Waals surface area (Å²) < 4.78 is 10.6. The molecule has 1 heterocycles. The summed E-state index contributed by atoms with van der Waals surface area (Å²) in [6, 6.07) is 5.48. The molecule has 2 unspecified atom stereocenters. The van der Waals surface area contributed by atoms with Gasteiger partial charge in [0, 0.05) is 19.1 Å². The van der Waals surface area contributed by atoms with E-state index in [1.807, 2.05) is 17.9 Å². The van der Waals surface area contributed by atoms with E-state index in [9.17, 15) is 4.79 Å². The standard InChI is InChI=1S/C16H24N2O3/c1-11(17)12-6-5-9-18(10-12)16(19)13-7-4-8-14(20-2)15(13)21-3/h4,7-8,11-12H,5-6,9-10,17H2,1-3H3. The molecule has 0 saturated carbocycles. The zero-order valence-corrected chi connectivity index (χ0v) is 13.0. The molecule has 0 bridgehead atoms. The maximum absolute atomic E-state index is 12.8. The molecule has 21 heavy (non-hydrogen) atoms. The van der Waals surface area contributed by atoms with E-state index < -0.39 is 0 Å². The van der Waals surface area contributed by atoms with Gasteiger partial charge in [-0.05, 0) is 37.8 Å². The molecule has 1 aliphatic rings. The van der Waals surface area contributed by atoms with Crippen molar-refractivity contribution in [2.24, 2.45) is 11.7 Å². The number of nitrogens with zero attached hydrogens (tertiary/aromatic N) is 1. The van der Waals surface area contributed by atoms with Crippen LogP contribution in [0.5, 0.6) is 11.5 Å². The van der Waals surface area contributed by atoms with E-state index in [1.54, 1.807) is 26.4 Å². The second-order valence-electron chi connectivity index (χ2n) is 5.55. The summed E-state index contributed by atoms with van der Waals surface area (Å²) in [6.45, 7) is 3.48. The van der Waals surface area contributed by atoms with Gasteiger partial charge >= 0.3 is 0 Å². The molecular formula is C16H24N2O3. The number of amides is 1. The number of nitrogens with two attached hydrogens (primary N) is 1. The molecule has 5 nitrogen and oxygen atoms in total. The van der Waals surface area contributed by atoms with Crippen LogP contribution in [-0.2, 0) is 0 Å². The number of carbonyl (C=O) groups is 1. The summed E-state index contributed by atoms with van der Waals surface area (Å²) in [4.78, 5) is 14.6. The number of hydrogen-bond acceptors (Lipinski definition) is 4. The van der Waals surface area contributed by atoms with Crippen molar-refractivity contribution < 1.29 is 14.3 Å². The van der Waals surface area contributed by atoms with Gasteiger partial charge in [0.1, 0.15) is 0 Å². The summed E-state index contributed by atoms with van der Waals surface area (Å²) in [6.07, 6.45) is 2.07. The lowest BCUT2D eigenvalue weighted by molar-refractivity contribution is 0.0657. The number of benzene rings is 1. The van der Waals surface area contributed by atoms with E-state index in [1.165, 1.54) is 0 Å². The molecule has 1 amide bonds. The number of para-hydroxylation sites is 1. The van der Waals surface area contributed by atoms with Gasteiger partial charge in [-0.1, -0.05) is 6.07 Å². The number of hydrogen-bond donors (Lipinski definition) is 1. The number of methoxy groups -OCH3 is 2. The van der Waals surface area contributed by atoms with Gasteiger partial charge in [-0.2, -0.15) is 0 Å². The van der Waals surface area contributed by atoms with Gasteiger partial charge in [0.05, 0.1) is 19.8 Å². The van der Waals surface area contributed by atoms with Crippen LogP contribution in [0.2, 0.25) is 0 Å². The summed E-state index contributed by atoms with van der Waals surface area (Å²) in [7, 11) is 3.12.